The van der Waals surface area contributed by atoms with E-state index in [1.807, 2.05) is 6.92 Å². The summed E-state index contributed by atoms with van der Waals surface area (Å²) >= 11 is 7.17. The van der Waals surface area contributed by atoms with E-state index < -0.39 is 0 Å². The molecule has 3 rings (SSSR count). The number of halogens is 1. The van der Waals surface area contributed by atoms with Crippen LogP contribution in [0.25, 0.3) is 11.2 Å². The SMILES string of the molecule is C[C@@H](Sc1ncnc2nc[nH]c12)C(=O)Nc1ccc(Cl)cc1. The van der Waals surface area contributed by atoms with Crippen LogP contribution in [0.1, 0.15) is 6.92 Å². The van der Waals surface area contributed by atoms with Gasteiger partial charge in [-0.05, 0) is 31.2 Å². The third-order valence-corrected chi connectivity index (χ3v) is 4.31. The lowest BCUT2D eigenvalue weighted by Gasteiger charge is -2.11. The quantitative estimate of drug-likeness (QED) is 0.566. The first-order valence-electron chi connectivity index (χ1n) is 6.50. The molecule has 0 fully saturated rings. The summed E-state index contributed by atoms with van der Waals surface area (Å²) in [6, 6.07) is 6.98. The van der Waals surface area contributed by atoms with Gasteiger partial charge in [-0.25, -0.2) is 15.0 Å². The number of nitrogens with one attached hydrogen (secondary N) is 2. The molecule has 0 aliphatic rings. The van der Waals surface area contributed by atoms with Gasteiger partial charge in [-0.2, -0.15) is 0 Å². The van der Waals surface area contributed by atoms with Crippen molar-refractivity contribution in [3.05, 3.63) is 41.9 Å². The topological polar surface area (TPSA) is 83.6 Å². The molecule has 0 saturated heterocycles. The molecule has 22 heavy (non-hydrogen) atoms. The smallest absolute Gasteiger partial charge is 0.237 e. The molecule has 8 heteroatoms. The van der Waals surface area contributed by atoms with Crippen LogP contribution in [0.2, 0.25) is 5.02 Å². The van der Waals surface area contributed by atoms with Crippen molar-refractivity contribution in [3.8, 4) is 0 Å². The molecular formula is C14H12ClN5OS. The number of H-pyrrole nitrogens is 1. The van der Waals surface area contributed by atoms with Gasteiger partial charge in [-0.3, -0.25) is 4.79 Å². The number of anilines is 1. The molecule has 2 aromatic heterocycles. The zero-order valence-electron chi connectivity index (χ0n) is 11.6. The monoisotopic (exact) mass is 333 g/mol. The van der Waals surface area contributed by atoms with E-state index in [2.05, 4.69) is 25.3 Å². The van der Waals surface area contributed by atoms with Gasteiger partial charge >= 0.3 is 0 Å². The Hall–Kier alpha value is -2.12. The standard InChI is InChI=1S/C14H12ClN5OS/c1-8(13(21)20-10-4-2-9(15)3-5-10)22-14-11-12(17-6-16-11)18-7-19-14/h2-8H,1H3,(H,20,21)(H,16,17,18,19)/t8-/m1/s1. The maximum Gasteiger partial charge on any atom is 0.237 e. The van der Waals surface area contributed by atoms with Gasteiger partial charge in [-0.15, -0.1) is 0 Å². The first-order valence-corrected chi connectivity index (χ1v) is 7.76. The summed E-state index contributed by atoms with van der Waals surface area (Å²) in [6.45, 7) is 1.82. The molecule has 0 bridgehead atoms. The van der Waals surface area contributed by atoms with Gasteiger partial charge in [0.2, 0.25) is 5.91 Å². The van der Waals surface area contributed by atoms with Gasteiger partial charge in [-0.1, -0.05) is 23.4 Å². The summed E-state index contributed by atoms with van der Waals surface area (Å²) in [4.78, 5) is 27.6. The molecule has 0 aliphatic carbocycles. The van der Waals surface area contributed by atoms with Crippen LogP contribution >= 0.6 is 23.4 Å². The number of aromatic amines is 1. The van der Waals surface area contributed by atoms with Gasteiger partial charge in [0.25, 0.3) is 0 Å². The van der Waals surface area contributed by atoms with E-state index in [0.717, 1.165) is 5.52 Å². The molecule has 0 unspecified atom stereocenters. The van der Waals surface area contributed by atoms with Crippen molar-refractivity contribution in [2.45, 2.75) is 17.2 Å². The highest BCUT2D eigenvalue weighted by molar-refractivity contribution is 8.00. The molecule has 2 N–H and O–H groups in total. The van der Waals surface area contributed by atoms with Crippen molar-refractivity contribution in [3.63, 3.8) is 0 Å². The predicted molar refractivity (Wildman–Crippen MR) is 87.1 cm³/mol. The Morgan fingerprint density at radius 1 is 1.27 bits per heavy atom. The van der Waals surface area contributed by atoms with E-state index in [9.17, 15) is 4.79 Å². The molecule has 3 aromatic rings. The van der Waals surface area contributed by atoms with Crippen LogP contribution in [0.4, 0.5) is 5.69 Å². The number of aromatic nitrogens is 4. The third kappa shape index (κ3) is 3.20. The van der Waals surface area contributed by atoms with Crippen LogP contribution < -0.4 is 5.32 Å². The Labute approximate surface area is 135 Å². The van der Waals surface area contributed by atoms with Gasteiger partial charge in [0.15, 0.2) is 5.65 Å². The Kier molecular flexibility index (Phi) is 4.26. The van der Waals surface area contributed by atoms with Crippen molar-refractivity contribution >= 4 is 46.1 Å². The molecule has 2 heterocycles. The predicted octanol–water partition coefficient (Wildman–Crippen LogP) is 3.13. The number of imidazole rings is 1. The number of hydrogen-bond acceptors (Lipinski definition) is 5. The van der Waals surface area contributed by atoms with Gasteiger partial charge < -0.3 is 10.3 Å². The molecular weight excluding hydrogens is 322 g/mol. The Bertz CT molecular complexity index is 804. The minimum atomic E-state index is -0.322. The highest BCUT2D eigenvalue weighted by Gasteiger charge is 2.17. The van der Waals surface area contributed by atoms with Gasteiger partial charge in [0, 0.05) is 10.7 Å². The van der Waals surface area contributed by atoms with Crippen molar-refractivity contribution in [2.75, 3.05) is 5.32 Å². The van der Waals surface area contributed by atoms with E-state index in [-0.39, 0.29) is 11.2 Å². The summed E-state index contributed by atoms with van der Waals surface area (Å²) in [5, 5.41) is 3.84. The number of fused-ring (bicyclic) bond motifs is 1. The molecule has 0 spiro atoms. The minimum absolute atomic E-state index is 0.112. The average Bonchev–Trinajstić information content (AvgIpc) is 2.99. The van der Waals surface area contributed by atoms with Gasteiger partial charge in [0.1, 0.15) is 16.9 Å². The second-order valence-electron chi connectivity index (χ2n) is 4.54. The Balaban J connectivity index is 1.71. The van der Waals surface area contributed by atoms with Crippen LogP contribution in [0.15, 0.2) is 41.9 Å². The van der Waals surface area contributed by atoms with Crippen molar-refractivity contribution in [2.24, 2.45) is 0 Å². The fraction of sp³-hybridized carbons (Fsp3) is 0.143. The molecule has 1 aromatic carbocycles. The molecule has 112 valence electrons. The highest BCUT2D eigenvalue weighted by Crippen LogP contribution is 2.26. The molecule has 1 atom stereocenters. The maximum absolute atomic E-state index is 12.2. The van der Waals surface area contributed by atoms with E-state index in [4.69, 9.17) is 11.6 Å². The lowest BCUT2D eigenvalue weighted by molar-refractivity contribution is -0.115. The fourth-order valence-electron chi connectivity index (χ4n) is 1.83. The summed E-state index contributed by atoms with van der Waals surface area (Å²) < 4.78 is 0. The van der Waals surface area contributed by atoms with E-state index in [1.54, 1.807) is 30.6 Å². The number of benzene rings is 1. The van der Waals surface area contributed by atoms with E-state index in [1.165, 1.54) is 18.1 Å². The Morgan fingerprint density at radius 3 is 2.82 bits per heavy atom. The van der Waals surface area contributed by atoms with E-state index in [0.29, 0.717) is 21.4 Å². The van der Waals surface area contributed by atoms with Crippen LogP contribution in [0, 0.1) is 0 Å². The van der Waals surface area contributed by atoms with Crippen molar-refractivity contribution in [1.29, 1.82) is 0 Å². The number of hydrogen-bond donors (Lipinski definition) is 2. The lowest BCUT2D eigenvalue weighted by Crippen LogP contribution is -2.22. The second-order valence-corrected chi connectivity index (χ2v) is 6.30. The average molecular weight is 334 g/mol. The fourth-order valence-corrected chi connectivity index (χ4v) is 2.83. The third-order valence-electron chi connectivity index (χ3n) is 2.96. The van der Waals surface area contributed by atoms with Crippen LogP contribution in [-0.2, 0) is 4.79 Å². The zero-order valence-corrected chi connectivity index (χ0v) is 13.1. The summed E-state index contributed by atoms with van der Waals surface area (Å²) in [6.07, 6.45) is 3.00. The van der Waals surface area contributed by atoms with Crippen LogP contribution in [0.3, 0.4) is 0 Å². The minimum Gasteiger partial charge on any atom is -0.341 e. The van der Waals surface area contributed by atoms with E-state index >= 15 is 0 Å². The van der Waals surface area contributed by atoms with Gasteiger partial charge in [0.05, 0.1) is 11.6 Å². The molecule has 0 radical (unpaired) electrons. The molecule has 6 nitrogen and oxygen atoms in total. The molecule has 0 aliphatic heterocycles. The summed E-state index contributed by atoms with van der Waals surface area (Å²) in [7, 11) is 0. The van der Waals surface area contributed by atoms with Crippen molar-refractivity contribution in [1.82, 2.24) is 19.9 Å². The second kappa shape index (κ2) is 6.33. The lowest BCUT2D eigenvalue weighted by atomic mass is 10.3. The number of nitrogens with zero attached hydrogens (tertiary/aromatic N) is 3. The van der Waals surface area contributed by atoms with Crippen LogP contribution in [0.5, 0.6) is 0 Å². The number of amides is 1. The first kappa shape index (κ1) is 14.8. The Morgan fingerprint density at radius 2 is 2.05 bits per heavy atom. The normalized spacial score (nSPS) is 12.3. The number of carbonyl (C=O) groups is 1. The molecule has 1 amide bonds. The number of thioether (sulfide) groups is 1. The van der Waals surface area contributed by atoms with Crippen LogP contribution in [-0.4, -0.2) is 31.1 Å². The number of rotatable bonds is 4. The first-order chi connectivity index (χ1) is 10.6. The maximum atomic E-state index is 12.2. The summed E-state index contributed by atoms with van der Waals surface area (Å²) in [5.74, 6) is -0.112. The largest absolute Gasteiger partial charge is 0.341 e. The zero-order chi connectivity index (χ0) is 15.5. The highest BCUT2D eigenvalue weighted by atomic mass is 35.5. The number of carbonyl (C=O) groups excluding carboxylic acids is 1. The van der Waals surface area contributed by atoms with Crippen molar-refractivity contribution < 1.29 is 4.79 Å². The molecule has 0 saturated carbocycles. The summed E-state index contributed by atoms with van der Waals surface area (Å²) in [5.41, 5.74) is 2.03.